The number of likely N-dealkylation sites (tertiary alicyclic amines) is 2. The van der Waals surface area contributed by atoms with Gasteiger partial charge in [0.25, 0.3) is 11.8 Å². The third-order valence-electron chi connectivity index (χ3n) is 13.9. The number of ether oxygens (including phenoxy) is 2. The Morgan fingerprint density at radius 2 is 0.889 bits per heavy atom. The van der Waals surface area contributed by atoms with Crippen molar-refractivity contribution in [1.82, 2.24) is 40.4 Å². The minimum absolute atomic E-state index is 0.225. The molecule has 2 saturated heterocycles. The number of carbonyl (C=O) groups excluding carboxylic acids is 4. The van der Waals surface area contributed by atoms with E-state index >= 15 is 0 Å². The van der Waals surface area contributed by atoms with E-state index in [1.165, 1.54) is 14.2 Å². The Bertz CT molecular complexity index is 3000. The average Bonchev–Trinajstić information content (AvgIpc) is 4.26. The molecule has 14 nitrogen and oxygen atoms in total. The van der Waals surface area contributed by atoms with E-state index in [4.69, 9.17) is 19.4 Å². The van der Waals surface area contributed by atoms with E-state index < -0.39 is 24.3 Å². The van der Waals surface area contributed by atoms with Crippen molar-refractivity contribution >= 4 is 46.1 Å². The lowest BCUT2D eigenvalue weighted by Gasteiger charge is -2.33. The Hall–Kier alpha value is -8.52. The van der Waals surface area contributed by atoms with Gasteiger partial charge in [0.1, 0.15) is 23.7 Å². The number of hydrogen-bond acceptors (Lipinski definition) is 8. The first-order chi connectivity index (χ1) is 35.3. The van der Waals surface area contributed by atoms with Gasteiger partial charge in [-0.05, 0) is 96.2 Å². The van der Waals surface area contributed by atoms with Crippen LogP contribution in [0.4, 0.5) is 9.59 Å². The standard InChI is InChI=1S/C58H56N8O6/c1-71-57(69)63-51(41-23-11-5-12-24-41)55(67)65-47(39-19-7-3-8-20-39)31-33-49(65)53-59-43-29-27-37(35-45(43)61-53)17-15-16-18-38-28-30-44-46(36-38)62-54(60-44)50-34-32-48(40-21-9-4-10-22-40)66(50)56(68)52(64-58(70)72-2)42-25-13-6-14-26-42/h3-16,19-30,35-36,47-52H,17-18,31-34H2,1-2H3,(H,59,61)(H,60,62)(H,63,69)(H,64,70)/b16-15+/t47-,48+,49-,50-,51+,52-/m1/s1. The van der Waals surface area contributed by atoms with Gasteiger partial charge >= 0.3 is 12.2 Å². The number of hydrogen-bond donors (Lipinski definition) is 4. The molecule has 364 valence electrons. The molecular weight excluding hydrogens is 905 g/mol. The molecule has 2 fully saturated rings. The van der Waals surface area contributed by atoms with Crippen molar-refractivity contribution in [2.24, 2.45) is 0 Å². The maximum Gasteiger partial charge on any atom is 0.407 e. The second-order valence-electron chi connectivity index (χ2n) is 18.3. The lowest BCUT2D eigenvalue weighted by atomic mass is 10.0. The summed E-state index contributed by atoms with van der Waals surface area (Å²) in [7, 11) is 2.58. The van der Waals surface area contributed by atoms with Gasteiger partial charge in [-0.2, -0.15) is 0 Å². The van der Waals surface area contributed by atoms with Crippen molar-refractivity contribution in [2.75, 3.05) is 14.2 Å². The Labute approximate surface area is 417 Å². The van der Waals surface area contributed by atoms with Crippen molar-refractivity contribution in [3.63, 3.8) is 0 Å². The number of amides is 4. The number of nitrogens with one attached hydrogen (secondary N) is 4. The van der Waals surface area contributed by atoms with E-state index in [-0.39, 0.29) is 36.0 Å². The van der Waals surface area contributed by atoms with Crippen LogP contribution in [-0.4, -0.2) is 68.0 Å². The van der Waals surface area contributed by atoms with Crippen LogP contribution in [-0.2, 0) is 31.9 Å². The minimum atomic E-state index is -0.960. The molecule has 6 aromatic carbocycles. The normalized spacial score (nSPS) is 18.6. The third kappa shape index (κ3) is 9.93. The summed E-state index contributed by atoms with van der Waals surface area (Å²) in [6.07, 6.45) is 7.18. The molecule has 2 aliphatic rings. The zero-order chi connectivity index (χ0) is 49.6. The van der Waals surface area contributed by atoms with Gasteiger partial charge in [0.05, 0.1) is 60.5 Å². The fraction of sp³-hybridized carbons (Fsp3) is 0.241. The highest BCUT2D eigenvalue weighted by atomic mass is 16.5. The van der Waals surface area contributed by atoms with Crippen LogP contribution in [0.2, 0.25) is 0 Å². The summed E-state index contributed by atoms with van der Waals surface area (Å²) in [6.45, 7) is 0. The van der Waals surface area contributed by atoms with Crippen molar-refractivity contribution in [1.29, 1.82) is 0 Å². The largest absolute Gasteiger partial charge is 0.453 e. The molecule has 4 heterocycles. The SMILES string of the molecule is COC(=O)N[C@H](C(=O)N1[C@@H](c2ccccc2)CC[C@@H]1c1nc2ccc(C/C=C/Cc3ccc4nc([C@H]5CC[C@@H](c6ccccc6)N5C(=O)[C@H](NC(=O)OC)c5ccccc5)[nH]c4c3)cc2[nH]1)c1ccccc1. The van der Waals surface area contributed by atoms with Gasteiger partial charge in [0, 0.05) is 0 Å². The number of H-pyrrole nitrogens is 2. The second kappa shape index (κ2) is 21.2. The topological polar surface area (TPSA) is 175 Å². The fourth-order valence-corrected chi connectivity index (χ4v) is 10.5. The molecule has 0 radical (unpaired) electrons. The summed E-state index contributed by atoms with van der Waals surface area (Å²) in [6, 6.07) is 47.8. The lowest BCUT2D eigenvalue weighted by molar-refractivity contribution is -0.137. The summed E-state index contributed by atoms with van der Waals surface area (Å²) in [5.74, 6) is 0.910. The van der Waals surface area contributed by atoms with Crippen LogP contribution in [0, 0.1) is 0 Å². The molecule has 8 aromatic rings. The van der Waals surface area contributed by atoms with Gasteiger partial charge < -0.3 is 39.9 Å². The van der Waals surface area contributed by atoms with Gasteiger partial charge in [0.15, 0.2) is 0 Å². The molecule has 0 unspecified atom stereocenters. The number of allylic oxidation sites excluding steroid dienone is 2. The number of aromatic amines is 2. The van der Waals surface area contributed by atoms with Gasteiger partial charge in [-0.15, -0.1) is 0 Å². The maximum absolute atomic E-state index is 14.8. The summed E-state index contributed by atoms with van der Waals surface area (Å²) in [4.78, 5) is 75.7. The van der Waals surface area contributed by atoms with Gasteiger partial charge in [-0.25, -0.2) is 19.6 Å². The smallest absolute Gasteiger partial charge is 0.407 e. The highest BCUT2D eigenvalue weighted by Crippen LogP contribution is 2.47. The molecule has 0 spiro atoms. The summed E-state index contributed by atoms with van der Waals surface area (Å²) in [5, 5.41) is 5.59. The third-order valence-corrected chi connectivity index (χ3v) is 13.9. The van der Waals surface area contributed by atoms with E-state index in [0.717, 1.165) is 57.2 Å². The van der Waals surface area contributed by atoms with Crippen molar-refractivity contribution in [2.45, 2.75) is 74.8 Å². The summed E-state index contributed by atoms with van der Waals surface area (Å²) >= 11 is 0. The van der Waals surface area contributed by atoms with E-state index in [1.807, 2.05) is 143 Å². The van der Waals surface area contributed by atoms with Gasteiger partial charge in [-0.1, -0.05) is 146 Å². The Morgan fingerprint density at radius 3 is 1.26 bits per heavy atom. The first-order valence-electron chi connectivity index (χ1n) is 24.4. The maximum atomic E-state index is 14.8. The van der Waals surface area contributed by atoms with E-state index in [1.54, 1.807) is 0 Å². The number of imidazole rings is 2. The average molecular weight is 961 g/mol. The molecule has 4 N–H and O–H groups in total. The van der Waals surface area contributed by atoms with Gasteiger partial charge in [0.2, 0.25) is 0 Å². The number of fused-ring (bicyclic) bond motifs is 2. The van der Waals surface area contributed by atoms with E-state index in [2.05, 4.69) is 57.0 Å². The number of rotatable bonds is 14. The van der Waals surface area contributed by atoms with Crippen LogP contribution >= 0.6 is 0 Å². The minimum Gasteiger partial charge on any atom is -0.453 e. The second-order valence-corrected chi connectivity index (χ2v) is 18.3. The van der Waals surface area contributed by atoms with Crippen molar-refractivity contribution < 1.29 is 28.7 Å². The Kier molecular flexibility index (Phi) is 13.9. The van der Waals surface area contributed by atoms with Crippen LogP contribution in [0.1, 0.15) is 107 Å². The molecule has 4 amide bonds. The number of alkyl carbamates (subject to hydrolysis) is 2. The zero-order valence-corrected chi connectivity index (χ0v) is 40.1. The number of aromatic nitrogens is 4. The molecule has 14 heteroatoms. The summed E-state index contributed by atoms with van der Waals surface area (Å²) < 4.78 is 9.92. The quantitative estimate of drug-likeness (QED) is 0.0779. The molecule has 0 saturated carbocycles. The molecule has 0 bridgehead atoms. The van der Waals surface area contributed by atoms with Crippen LogP contribution in [0.5, 0.6) is 0 Å². The Balaban J connectivity index is 0.849. The molecular formula is C58H56N8O6. The zero-order valence-electron chi connectivity index (χ0n) is 40.1. The molecule has 10 rings (SSSR count). The predicted octanol–water partition coefficient (Wildman–Crippen LogP) is 10.8. The first-order valence-corrected chi connectivity index (χ1v) is 24.4. The number of methoxy groups -OCH3 is 2. The number of nitrogens with zero attached hydrogens (tertiary/aromatic N) is 4. The van der Waals surface area contributed by atoms with Crippen LogP contribution < -0.4 is 10.6 Å². The Morgan fingerprint density at radius 1 is 0.528 bits per heavy atom. The first kappa shape index (κ1) is 47.2. The summed E-state index contributed by atoms with van der Waals surface area (Å²) in [5.41, 5.74) is 8.95. The number of carbonyl (C=O) groups is 4. The van der Waals surface area contributed by atoms with Gasteiger partial charge in [-0.3, -0.25) is 9.59 Å². The lowest BCUT2D eigenvalue weighted by Crippen LogP contribution is -2.43. The van der Waals surface area contributed by atoms with Crippen LogP contribution in [0.25, 0.3) is 22.1 Å². The van der Waals surface area contributed by atoms with E-state index in [9.17, 15) is 19.2 Å². The highest BCUT2D eigenvalue weighted by Gasteiger charge is 2.45. The van der Waals surface area contributed by atoms with Crippen LogP contribution in [0.3, 0.4) is 0 Å². The highest BCUT2D eigenvalue weighted by molar-refractivity contribution is 5.89. The van der Waals surface area contributed by atoms with Crippen molar-refractivity contribution in [3.8, 4) is 0 Å². The predicted molar refractivity (Wildman–Crippen MR) is 274 cm³/mol. The van der Waals surface area contributed by atoms with Crippen LogP contribution in [0.15, 0.2) is 170 Å². The van der Waals surface area contributed by atoms with Crippen molar-refractivity contribution in [3.05, 3.63) is 215 Å². The fourth-order valence-electron chi connectivity index (χ4n) is 10.5. The molecule has 6 atom stereocenters. The number of benzene rings is 6. The molecule has 72 heavy (non-hydrogen) atoms. The molecule has 2 aromatic heterocycles. The monoisotopic (exact) mass is 960 g/mol. The molecule has 0 aliphatic carbocycles. The molecule has 2 aliphatic heterocycles. The van der Waals surface area contributed by atoms with E-state index in [0.29, 0.717) is 48.5 Å².